The fourth-order valence-corrected chi connectivity index (χ4v) is 3.29. The summed E-state index contributed by atoms with van der Waals surface area (Å²) in [4.78, 5) is 13.4. The molecule has 0 bridgehead atoms. The van der Waals surface area contributed by atoms with E-state index in [1.165, 1.54) is 0 Å². The van der Waals surface area contributed by atoms with E-state index in [0.717, 1.165) is 16.1 Å². The average Bonchev–Trinajstić information content (AvgIpc) is 3.38. The molecule has 0 unspecified atom stereocenters. The molecular weight excluding hydrogens is 370 g/mol. The Bertz CT molecular complexity index is 1020. The number of H-pyrrole nitrogens is 1. The number of hydrogen-bond donors (Lipinski definition) is 2. The average molecular weight is 384 g/mol. The minimum absolute atomic E-state index is 0.305. The van der Waals surface area contributed by atoms with Crippen LogP contribution in [0.3, 0.4) is 0 Å². The van der Waals surface area contributed by atoms with Crippen molar-refractivity contribution in [1.82, 2.24) is 20.0 Å². The van der Waals surface area contributed by atoms with Crippen molar-refractivity contribution in [2.24, 2.45) is 0 Å². The molecule has 4 rings (SSSR count). The number of carbonyl (C=O) groups excluding carboxylic acids is 1. The van der Waals surface area contributed by atoms with E-state index >= 15 is 0 Å². The maximum absolute atomic E-state index is 12.3. The first-order valence-corrected chi connectivity index (χ1v) is 9.12. The summed E-state index contributed by atoms with van der Waals surface area (Å²) in [6.07, 6.45) is 1.81. The summed E-state index contributed by atoms with van der Waals surface area (Å²) < 4.78 is 1.75. The van der Waals surface area contributed by atoms with Crippen molar-refractivity contribution >= 4 is 34.7 Å². The van der Waals surface area contributed by atoms with Gasteiger partial charge in [-0.25, -0.2) is 0 Å². The quantitative estimate of drug-likeness (QED) is 0.539. The Morgan fingerprint density at radius 1 is 1.23 bits per heavy atom. The van der Waals surface area contributed by atoms with Crippen LogP contribution in [-0.4, -0.2) is 25.9 Å². The summed E-state index contributed by atoms with van der Waals surface area (Å²) >= 11 is 7.47. The first-order valence-electron chi connectivity index (χ1n) is 7.86. The van der Waals surface area contributed by atoms with Crippen molar-refractivity contribution < 1.29 is 4.79 Å². The van der Waals surface area contributed by atoms with Gasteiger partial charge >= 0.3 is 0 Å². The summed E-state index contributed by atoms with van der Waals surface area (Å²) in [6, 6.07) is 15.0. The van der Waals surface area contributed by atoms with Gasteiger partial charge in [0.1, 0.15) is 0 Å². The van der Waals surface area contributed by atoms with E-state index in [1.54, 1.807) is 28.2 Å². The Morgan fingerprint density at radius 2 is 2.08 bits per heavy atom. The van der Waals surface area contributed by atoms with Gasteiger partial charge in [0.05, 0.1) is 17.1 Å². The second-order valence-corrected chi connectivity index (χ2v) is 7.01. The lowest BCUT2D eigenvalue weighted by atomic mass is 10.2. The highest BCUT2D eigenvalue weighted by Crippen LogP contribution is 2.23. The number of hydrogen-bond acceptors (Lipinski definition) is 4. The topological polar surface area (TPSA) is 75.6 Å². The molecule has 0 spiro atoms. The molecule has 0 radical (unpaired) electrons. The molecule has 3 aromatic heterocycles. The monoisotopic (exact) mass is 383 g/mol. The number of rotatable bonds is 5. The minimum Gasteiger partial charge on any atom is -0.304 e. The van der Waals surface area contributed by atoms with Gasteiger partial charge in [-0.2, -0.15) is 10.2 Å². The first kappa shape index (κ1) is 16.6. The van der Waals surface area contributed by atoms with E-state index in [-0.39, 0.29) is 5.91 Å². The minimum atomic E-state index is -0.305. The molecule has 0 aliphatic carbocycles. The van der Waals surface area contributed by atoms with Crippen LogP contribution in [0.2, 0.25) is 5.02 Å². The van der Waals surface area contributed by atoms with Crippen LogP contribution in [0.4, 0.5) is 5.82 Å². The number of amides is 1. The predicted octanol–water partition coefficient (Wildman–Crippen LogP) is 4.29. The molecule has 0 atom stereocenters. The lowest BCUT2D eigenvalue weighted by Gasteiger charge is -2.02. The molecule has 0 aliphatic rings. The van der Waals surface area contributed by atoms with Gasteiger partial charge in [-0.05, 0) is 35.2 Å². The Labute approximate surface area is 158 Å². The number of benzene rings is 1. The third kappa shape index (κ3) is 3.68. The van der Waals surface area contributed by atoms with E-state index in [2.05, 4.69) is 20.6 Å². The van der Waals surface area contributed by atoms with E-state index in [1.807, 2.05) is 48.0 Å². The SMILES string of the molecule is O=C(Nc1ccn(Cc2ccc(Cl)cc2)n1)c1cc(-c2cccs2)[nH]n1. The summed E-state index contributed by atoms with van der Waals surface area (Å²) in [6.45, 7) is 0.595. The second-order valence-electron chi connectivity index (χ2n) is 5.62. The number of aromatic amines is 1. The van der Waals surface area contributed by atoms with Gasteiger partial charge in [-0.1, -0.05) is 29.8 Å². The van der Waals surface area contributed by atoms with Crippen molar-refractivity contribution in [3.05, 3.63) is 76.4 Å². The summed E-state index contributed by atoms with van der Waals surface area (Å²) in [5.41, 5.74) is 2.21. The third-order valence-electron chi connectivity index (χ3n) is 3.74. The molecule has 0 fully saturated rings. The normalized spacial score (nSPS) is 10.8. The van der Waals surface area contributed by atoms with Gasteiger partial charge in [-0.3, -0.25) is 14.6 Å². The summed E-state index contributed by atoms with van der Waals surface area (Å²) in [5, 5.41) is 16.8. The smallest absolute Gasteiger partial charge is 0.277 e. The van der Waals surface area contributed by atoms with Gasteiger partial charge < -0.3 is 5.32 Å². The number of aromatic nitrogens is 4. The fraction of sp³-hybridized carbons (Fsp3) is 0.0556. The lowest BCUT2D eigenvalue weighted by Crippen LogP contribution is -2.13. The third-order valence-corrected chi connectivity index (χ3v) is 4.89. The highest BCUT2D eigenvalue weighted by molar-refractivity contribution is 7.13. The first-order chi connectivity index (χ1) is 12.7. The van der Waals surface area contributed by atoms with Crippen molar-refractivity contribution in [2.45, 2.75) is 6.54 Å². The zero-order chi connectivity index (χ0) is 17.9. The van der Waals surface area contributed by atoms with Crippen LogP contribution in [0.5, 0.6) is 0 Å². The molecular formula is C18H14ClN5OS. The highest BCUT2D eigenvalue weighted by atomic mass is 35.5. The van der Waals surface area contributed by atoms with E-state index in [4.69, 9.17) is 11.6 Å². The van der Waals surface area contributed by atoms with Crippen molar-refractivity contribution in [1.29, 1.82) is 0 Å². The Hall–Kier alpha value is -2.90. The summed E-state index contributed by atoms with van der Waals surface area (Å²) in [5.74, 6) is 0.172. The number of halogens is 1. The van der Waals surface area contributed by atoms with E-state index in [0.29, 0.717) is 23.1 Å². The van der Waals surface area contributed by atoms with Crippen molar-refractivity contribution in [3.8, 4) is 10.6 Å². The Balaban J connectivity index is 1.42. The van der Waals surface area contributed by atoms with Crippen LogP contribution in [0.25, 0.3) is 10.6 Å². The molecule has 1 aromatic carbocycles. The second kappa shape index (κ2) is 7.15. The Morgan fingerprint density at radius 3 is 2.85 bits per heavy atom. The van der Waals surface area contributed by atoms with Crippen LogP contribution in [0.15, 0.2) is 60.1 Å². The molecule has 1 amide bonds. The molecule has 0 saturated carbocycles. The number of thiophene rings is 1. The Kier molecular flexibility index (Phi) is 4.55. The van der Waals surface area contributed by atoms with Gasteiger partial charge in [0.15, 0.2) is 11.5 Å². The lowest BCUT2D eigenvalue weighted by molar-refractivity contribution is 0.102. The fourth-order valence-electron chi connectivity index (χ4n) is 2.47. The zero-order valence-electron chi connectivity index (χ0n) is 13.5. The van der Waals surface area contributed by atoms with Crippen LogP contribution < -0.4 is 5.32 Å². The molecule has 0 aliphatic heterocycles. The summed E-state index contributed by atoms with van der Waals surface area (Å²) in [7, 11) is 0. The van der Waals surface area contributed by atoms with Crippen LogP contribution in [-0.2, 0) is 6.54 Å². The molecule has 26 heavy (non-hydrogen) atoms. The number of carbonyl (C=O) groups is 1. The molecule has 4 aromatic rings. The maximum atomic E-state index is 12.3. The van der Waals surface area contributed by atoms with Crippen molar-refractivity contribution in [3.63, 3.8) is 0 Å². The predicted molar refractivity (Wildman–Crippen MR) is 103 cm³/mol. The van der Waals surface area contributed by atoms with Gasteiger partial charge in [-0.15, -0.1) is 11.3 Å². The van der Waals surface area contributed by atoms with Crippen molar-refractivity contribution in [2.75, 3.05) is 5.32 Å². The van der Waals surface area contributed by atoms with Gasteiger partial charge in [0, 0.05) is 17.3 Å². The van der Waals surface area contributed by atoms with Gasteiger partial charge in [0.2, 0.25) is 0 Å². The molecule has 3 heterocycles. The maximum Gasteiger partial charge on any atom is 0.277 e. The van der Waals surface area contributed by atoms with Crippen LogP contribution in [0.1, 0.15) is 16.1 Å². The van der Waals surface area contributed by atoms with Crippen LogP contribution in [0, 0.1) is 0 Å². The zero-order valence-corrected chi connectivity index (χ0v) is 15.1. The van der Waals surface area contributed by atoms with Crippen LogP contribution >= 0.6 is 22.9 Å². The molecule has 0 saturated heterocycles. The molecule has 6 nitrogen and oxygen atoms in total. The van der Waals surface area contributed by atoms with E-state index in [9.17, 15) is 4.79 Å². The molecule has 2 N–H and O–H groups in total. The number of nitrogens with one attached hydrogen (secondary N) is 2. The van der Waals surface area contributed by atoms with E-state index < -0.39 is 0 Å². The molecule has 130 valence electrons. The van der Waals surface area contributed by atoms with Gasteiger partial charge in [0.25, 0.3) is 5.91 Å². The molecule has 8 heteroatoms. The number of nitrogens with zero attached hydrogens (tertiary/aromatic N) is 3. The number of anilines is 1. The highest BCUT2D eigenvalue weighted by Gasteiger charge is 2.13. The standard InChI is InChI=1S/C18H14ClN5OS/c19-13-5-3-12(4-6-13)11-24-8-7-17(23-24)20-18(25)15-10-14(21-22-15)16-2-1-9-26-16/h1-10H,11H2,(H,21,22)(H,20,23,25). The largest absolute Gasteiger partial charge is 0.304 e.